The van der Waals surface area contributed by atoms with Gasteiger partial charge in [-0.2, -0.15) is 0 Å². The van der Waals surface area contributed by atoms with Crippen LogP contribution in [-0.4, -0.2) is 68.8 Å². The summed E-state index contributed by atoms with van der Waals surface area (Å²) in [7, 11) is 3.37. The van der Waals surface area contributed by atoms with Gasteiger partial charge in [-0.3, -0.25) is 14.6 Å². The number of anilines is 1. The number of nitrogens with one attached hydrogen (secondary N) is 2. The summed E-state index contributed by atoms with van der Waals surface area (Å²) in [5.74, 6) is -0.896. The second kappa shape index (κ2) is 13.2. The minimum atomic E-state index is -1.03. The third-order valence-corrected chi connectivity index (χ3v) is 7.96. The molecule has 0 unspecified atom stereocenters. The van der Waals surface area contributed by atoms with Crippen molar-refractivity contribution in [1.82, 2.24) is 24.8 Å². The molecule has 0 bridgehead atoms. The van der Waals surface area contributed by atoms with E-state index in [9.17, 15) is 18.8 Å². The maximum Gasteiger partial charge on any atom is 0.319 e. The number of amides is 3. The highest BCUT2D eigenvalue weighted by Gasteiger charge is 2.24. The fourth-order valence-corrected chi connectivity index (χ4v) is 5.44. The standard InChI is InChI=1S/C29H31FN6O6S/c1-35-19(16-36(11-12-41-2)25(37)7-8-26(38)39)15-32-28(35)24-14-21-27(43-24)23(9-10-31-21)42-22-6-5-18(13-20(22)30)34-29(40)33-17-3-4-17/h5-6,9-10,13-15,17H,3-4,7-8,11-12,16H2,1-2H3,(H,38,39)(H2,33,34,40). The molecule has 0 radical (unpaired) electrons. The summed E-state index contributed by atoms with van der Waals surface area (Å²) in [5.41, 5.74) is 1.71. The van der Waals surface area contributed by atoms with Crippen molar-refractivity contribution in [2.24, 2.45) is 7.05 Å². The van der Waals surface area contributed by atoms with E-state index < -0.39 is 11.8 Å². The molecular weight excluding hydrogens is 579 g/mol. The molecule has 1 saturated carbocycles. The number of imidazole rings is 1. The van der Waals surface area contributed by atoms with Gasteiger partial charge in [0.15, 0.2) is 11.6 Å². The number of thiophene rings is 1. The first-order valence-electron chi connectivity index (χ1n) is 13.6. The zero-order valence-electron chi connectivity index (χ0n) is 23.6. The zero-order valence-corrected chi connectivity index (χ0v) is 24.4. The predicted molar refractivity (Wildman–Crippen MR) is 158 cm³/mol. The molecule has 226 valence electrons. The topological polar surface area (TPSA) is 148 Å². The van der Waals surface area contributed by atoms with Gasteiger partial charge in [-0.1, -0.05) is 0 Å². The van der Waals surface area contributed by atoms with Gasteiger partial charge in [-0.05, 0) is 31.0 Å². The highest BCUT2D eigenvalue weighted by Crippen LogP contribution is 2.39. The number of fused-ring (bicyclic) bond motifs is 1. The Balaban J connectivity index is 1.32. The summed E-state index contributed by atoms with van der Waals surface area (Å²) in [5, 5.41) is 14.4. The number of ether oxygens (including phenoxy) is 2. The lowest BCUT2D eigenvalue weighted by atomic mass is 10.2. The van der Waals surface area contributed by atoms with Crippen LogP contribution in [0, 0.1) is 5.82 Å². The van der Waals surface area contributed by atoms with Crippen molar-refractivity contribution < 1.29 is 33.4 Å². The lowest BCUT2D eigenvalue weighted by molar-refractivity contribution is -0.141. The molecule has 3 aromatic heterocycles. The molecule has 3 N–H and O–H groups in total. The number of methoxy groups -OCH3 is 1. The van der Waals surface area contributed by atoms with E-state index in [1.807, 2.05) is 17.7 Å². The van der Waals surface area contributed by atoms with Crippen LogP contribution in [0.1, 0.15) is 31.4 Å². The van der Waals surface area contributed by atoms with Crippen molar-refractivity contribution in [1.29, 1.82) is 0 Å². The van der Waals surface area contributed by atoms with Gasteiger partial charge in [-0.15, -0.1) is 11.3 Å². The number of nitrogens with zero attached hydrogens (tertiary/aromatic N) is 4. The predicted octanol–water partition coefficient (Wildman–Crippen LogP) is 4.75. The van der Waals surface area contributed by atoms with Gasteiger partial charge in [0.05, 0.1) is 46.6 Å². The fraction of sp³-hybridized carbons (Fsp3) is 0.345. The van der Waals surface area contributed by atoms with Gasteiger partial charge in [0.25, 0.3) is 0 Å². The van der Waals surface area contributed by atoms with Crippen LogP contribution in [0.2, 0.25) is 0 Å². The summed E-state index contributed by atoms with van der Waals surface area (Å²) in [6, 6.07) is 7.56. The molecule has 12 nitrogen and oxygen atoms in total. The van der Waals surface area contributed by atoms with Crippen LogP contribution < -0.4 is 15.4 Å². The molecule has 0 atom stereocenters. The molecule has 5 rings (SSSR count). The highest BCUT2D eigenvalue weighted by atomic mass is 32.1. The number of rotatable bonds is 13. The third-order valence-electron chi connectivity index (χ3n) is 6.83. The smallest absolute Gasteiger partial charge is 0.319 e. The molecular formula is C29H31FN6O6S. The minimum Gasteiger partial charge on any atom is -0.481 e. The maximum absolute atomic E-state index is 14.9. The number of carbonyl (C=O) groups is 3. The first-order valence-corrected chi connectivity index (χ1v) is 14.5. The molecule has 3 heterocycles. The summed E-state index contributed by atoms with van der Waals surface area (Å²) in [4.78, 5) is 47.0. The van der Waals surface area contributed by atoms with Gasteiger partial charge in [0.2, 0.25) is 5.91 Å². The van der Waals surface area contributed by atoms with E-state index in [-0.39, 0.29) is 43.1 Å². The first kappa shape index (κ1) is 29.9. The second-order valence-electron chi connectivity index (χ2n) is 10.1. The highest BCUT2D eigenvalue weighted by molar-refractivity contribution is 7.22. The van der Waals surface area contributed by atoms with E-state index in [1.165, 1.54) is 30.6 Å². The van der Waals surface area contributed by atoms with Crippen LogP contribution >= 0.6 is 11.3 Å². The summed E-state index contributed by atoms with van der Waals surface area (Å²) < 4.78 is 28.5. The lowest BCUT2D eigenvalue weighted by Gasteiger charge is -2.22. The summed E-state index contributed by atoms with van der Waals surface area (Å²) in [6.45, 7) is 0.850. The van der Waals surface area contributed by atoms with Crippen molar-refractivity contribution in [3.05, 3.63) is 54.2 Å². The molecule has 1 aliphatic rings. The first-order chi connectivity index (χ1) is 20.7. The van der Waals surface area contributed by atoms with Crippen LogP contribution in [-0.2, 0) is 27.9 Å². The van der Waals surface area contributed by atoms with Crippen LogP contribution in [0.15, 0.2) is 42.7 Å². The normalized spacial score (nSPS) is 12.7. The van der Waals surface area contributed by atoms with E-state index in [2.05, 4.69) is 20.6 Å². The number of urea groups is 1. The molecule has 1 aliphatic carbocycles. The Morgan fingerprint density at radius 1 is 1.16 bits per heavy atom. The number of benzene rings is 1. The number of carboxylic acids is 1. The number of halogens is 1. The number of hydrogen-bond donors (Lipinski definition) is 3. The van der Waals surface area contributed by atoms with Crippen LogP contribution in [0.3, 0.4) is 0 Å². The average molecular weight is 611 g/mol. The van der Waals surface area contributed by atoms with E-state index in [0.717, 1.165) is 23.4 Å². The van der Waals surface area contributed by atoms with Gasteiger partial charge >= 0.3 is 12.0 Å². The van der Waals surface area contributed by atoms with Crippen molar-refractivity contribution in [2.75, 3.05) is 25.6 Å². The summed E-state index contributed by atoms with van der Waals surface area (Å²) >= 11 is 1.38. The molecule has 4 aromatic rings. The number of aliphatic carboxylic acids is 1. The maximum atomic E-state index is 14.9. The van der Waals surface area contributed by atoms with Gasteiger partial charge in [0, 0.05) is 57.2 Å². The van der Waals surface area contributed by atoms with Crippen LogP contribution in [0.4, 0.5) is 14.9 Å². The molecule has 3 amide bonds. The van der Waals surface area contributed by atoms with Crippen molar-refractivity contribution >= 4 is 45.1 Å². The number of aromatic nitrogens is 3. The molecule has 1 aromatic carbocycles. The van der Waals surface area contributed by atoms with Crippen molar-refractivity contribution in [2.45, 2.75) is 38.3 Å². The summed E-state index contributed by atoms with van der Waals surface area (Å²) in [6.07, 6.45) is 4.79. The Labute approximate surface area is 250 Å². The molecule has 0 aliphatic heterocycles. The van der Waals surface area contributed by atoms with E-state index in [1.54, 1.807) is 29.4 Å². The van der Waals surface area contributed by atoms with Crippen LogP contribution in [0.25, 0.3) is 20.9 Å². The lowest BCUT2D eigenvalue weighted by Crippen LogP contribution is -2.34. The van der Waals surface area contributed by atoms with Gasteiger partial charge in [0.1, 0.15) is 11.6 Å². The molecule has 1 fully saturated rings. The Morgan fingerprint density at radius 3 is 2.70 bits per heavy atom. The SMILES string of the molecule is COCCN(Cc1cnc(-c2cc3nccc(Oc4ccc(NC(=O)NC5CC5)cc4F)c3s2)n1C)C(=O)CCC(=O)O. The van der Waals surface area contributed by atoms with Gasteiger partial charge in [-0.25, -0.2) is 14.2 Å². The van der Waals surface area contributed by atoms with E-state index >= 15 is 0 Å². The molecule has 43 heavy (non-hydrogen) atoms. The largest absolute Gasteiger partial charge is 0.481 e. The number of hydrogen-bond acceptors (Lipinski definition) is 8. The Hall–Kier alpha value is -4.56. The van der Waals surface area contributed by atoms with E-state index in [4.69, 9.17) is 14.6 Å². The zero-order chi connectivity index (χ0) is 30.5. The Kier molecular flexibility index (Phi) is 9.16. The van der Waals surface area contributed by atoms with Crippen molar-refractivity contribution in [3.63, 3.8) is 0 Å². The van der Waals surface area contributed by atoms with Crippen LogP contribution in [0.5, 0.6) is 11.5 Å². The minimum absolute atomic E-state index is 0.00130. The Morgan fingerprint density at radius 2 is 1.98 bits per heavy atom. The number of pyridine rings is 1. The Bertz CT molecular complexity index is 1650. The third kappa shape index (κ3) is 7.45. The second-order valence-corrected chi connectivity index (χ2v) is 11.1. The average Bonchev–Trinajstić information content (AvgIpc) is 3.55. The molecule has 0 saturated heterocycles. The monoisotopic (exact) mass is 610 g/mol. The molecule has 0 spiro atoms. The van der Waals surface area contributed by atoms with Gasteiger partial charge < -0.3 is 34.7 Å². The number of carbonyl (C=O) groups excluding carboxylic acids is 2. The fourth-order valence-electron chi connectivity index (χ4n) is 4.35. The quantitative estimate of drug-likeness (QED) is 0.196. The van der Waals surface area contributed by atoms with E-state index in [0.29, 0.717) is 40.6 Å². The number of carboxylic acid groups (broad SMARTS) is 1. The molecule has 14 heteroatoms. The van der Waals surface area contributed by atoms with Crippen molar-refractivity contribution in [3.8, 4) is 22.2 Å².